The molecule has 0 aromatic heterocycles. The van der Waals surface area contributed by atoms with Gasteiger partial charge in [-0.1, -0.05) is 12.8 Å². The van der Waals surface area contributed by atoms with Gasteiger partial charge in [0, 0.05) is 32.4 Å². The summed E-state index contributed by atoms with van der Waals surface area (Å²) in [5, 5.41) is 9.40. The van der Waals surface area contributed by atoms with Crippen molar-refractivity contribution in [1.29, 1.82) is 0 Å². The summed E-state index contributed by atoms with van der Waals surface area (Å²) in [6.45, 7) is 0.600. The first-order chi connectivity index (χ1) is 10.0. The molecule has 2 rings (SSSR count). The molecular weight excluding hydrogens is 266 g/mol. The molecule has 1 aliphatic carbocycles. The minimum atomic E-state index is -0.0362. The highest BCUT2D eigenvalue weighted by atomic mass is 16.3. The van der Waals surface area contributed by atoms with E-state index < -0.39 is 0 Å². The highest BCUT2D eigenvalue weighted by molar-refractivity contribution is 6.00. The van der Waals surface area contributed by atoms with Crippen molar-refractivity contribution in [2.75, 3.05) is 37.9 Å². The molecule has 21 heavy (non-hydrogen) atoms. The van der Waals surface area contributed by atoms with Gasteiger partial charge in [0.2, 0.25) is 0 Å². The molecule has 0 spiro atoms. The minimum absolute atomic E-state index is 0.0362. The number of anilines is 2. The topological polar surface area (TPSA) is 69.8 Å². The van der Waals surface area contributed by atoms with Gasteiger partial charge < -0.3 is 20.6 Å². The SMILES string of the molecule is CN(C)C(=O)c1ccc(N)cc1N(CCO)C1CCCC1. The average molecular weight is 291 g/mol. The molecule has 3 N–H and O–H groups in total. The van der Waals surface area contributed by atoms with Crippen molar-refractivity contribution >= 4 is 17.3 Å². The third kappa shape index (κ3) is 3.47. The molecule has 1 aromatic carbocycles. The largest absolute Gasteiger partial charge is 0.399 e. The third-order valence-electron chi connectivity index (χ3n) is 4.07. The number of hydrogen-bond acceptors (Lipinski definition) is 4. The fraction of sp³-hybridized carbons (Fsp3) is 0.562. The Labute approximate surface area is 126 Å². The van der Waals surface area contributed by atoms with Crippen LogP contribution in [0.4, 0.5) is 11.4 Å². The molecule has 1 aromatic rings. The van der Waals surface area contributed by atoms with Crippen molar-refractivity contribution in [3.8, 4) is 0 Å². The summed E-state index contributed by atoms with van der Waals surface area (Å²) < 4.78 is 0. The fourth-order valence-electron chi connectivity index (χ4n) is 3.03. The molecule has 0 radical (unpaired) electrons. The van der Waals surface area contributed by atoms with Gasteiger partial charge in [-0.15, -0.1) is 0 Å². The van der Waals surface area contributed by atoms with Gasteiger partial charge in [0.25, 0.3) is 5.91 Å². The number of hydrogen-bond donors (Lipinski definition) is 2. The van der Waals surface area contributed by atoms with Crippen molar-refractivity contribution in [1.82, 2.24) is 4.90 Å². The molecule has 116 valence electrons. The van der Waals surface area contributed by atoms with E-state index in [1.54, 1.807) is 31.1 Å². The Morgan fingerprint density at radius 2 is 2.00 bits per heavy atom. The van der Waals surface area contributed by atoms with E-state index in [-0.39, 0.29) is 12.5 Å². The molecule has 0 saturated heterocycles. The molecule has 1 amide bonds. The number of amides is 1. The molecule has 0 bridgehead atoms. The van der Waals surface area contributed by atoms with Crippen LogP contribution in [0.2, 0.25) is 0 Å². The van der Waals surface area contributed by atoms with Gasteiger partial charge in [-0.25, -0.2) is 0 Å². The molecule has 1 aliphatic rings. The van der Waals surface area contributed by atoms with E-state index in [4.69, 9.17) is 5.73 Å². The minimum Gasteiger partial charge on any atom is -0.399 e. The van der Waals surface area contributed by atoms with Crippen molar-refractivity contribution < 1.29 is 9.90 Å². The van der Waals surface area contributed by atoms with E-state index in [0.717, 1.165) is 18.5 Å². The van der Waals surface area contributed by atoms with Crippen molar-refractivity contribution in [3.05, 3.63) is 23.8 Å². The predicted molar refractivity (Wildman–Crippen MR) is 85.6 cm³/mol. The number of rotatable bonds is 5. The van der Waals surface area contributed by atoms with Crippen molar-refractivity contribution in [2.45, 2.75) is 31.7 Å². The Morgan fingerprint density at radius 3 is 2.57 bits per heavy atom. The summed E-state index contributed by atoms with van der Waals surface area (Å²) in [6.07, 6.45) is 4.60. The van der Waals surface area contributed by atoms with Crippen LogP contribution >= 0.6 is 0 Å². The number of nitrogen functional groups attached to an aromatic ring is 1. The fourth-order valence-corrected chi connectivity index (χ4v) is 3.03. The van der Waals surface area contributed by atoms with Crippen LogP contribution < -0.4 is 10.6 Å². The first-order valence-electron chi connectivity index (χ1n) is 7.53. The van der Waals surface area contributed by atoms with E-state index in [2.05, 4.69) is 4.90 Å². The Morgan fingerprint density at radius 1 is 1.33 bits per heavy atom. The van der Waals surface area contributed by atoms with Crippen molar-refractivity contribution in [3.63, 3.8) is 0 Å². The molecule has 0 unspecified atom stereocenters. The Balaban J connectivity index is 2.42. The van der Waals surface area contributed by atoms with E-state index in [9.17, 15) is 9.90 Å². The Hall–Kier alpha value is -1.75. The first kappa shape index (κ1) is 15.6. The lowest BCUT2D eigenvalue weighted by Crippen LogP contribution is -2.37. The van der Waals surface area contributed by atoms with E-state index in [1.165, 1.54) is 12.8 Å². The quantitative estimate of drug-likeness (QED) is 0.810. The summed E-state index contributed by atoms with van der Waals surface area (Å²) in [5.74, 6) is -0.0362. The standard InChI is InChI=1S/C16H25N3O2/c1-18(2)16(21)14-8-7-12(17)11-15(14)19(9-10-20)13-5-3-4-6-13/h7-8,11,13,20H,3-6,9-10,17H2,1-2H3. The number of aliphatic hydroxyl groups is 1. The number of nitrogens with zero attached hydrogens (tertiary/aromatic N) is 2. The molecule has 0 heterocycles. The second kappa shape index (κ2) is 6.80. The highest BCUT2D eigenvalue weighted by Crippen LogP contribution is 2.32. The van der Waals surface area contributed by atoms with Crippen LogP contribution in [0.3, 0.4) is 0 Å². The third-order valence-corrected chi connectivity index (χ3v) is 4.07. The van der Waals surface area contributed by atoms with Crippen LogP contribution in [0.5, 0.6) is 0 Å². The highest BCUT2D eigenvalue weighted by Gasteiger charge is 2.26. The van der Waals surface area contributed by atoms with Gasteiger partial charge in [-0.05, 0) is 31.0 Å². The smallest absolute Gasteiger partial charge is 0.255 e. The lowest BCUT2D eigenvalue weighted by atomic mass is 10.1. The van der Waals surface area contributed by atoms with Gasteiger partial charge in [-0.3, -0.25) is 4.79 Å². The first-order valence-corrected chi connectivity index (χ1v) is 7.53. The van der Waals surface area contributed by atoms with E-state index in [0.29, 0.717) is 23.8 Å². The summed E-state index contributed by atoms with van der Waals surface area (Å²) in [5.41, 5.74) is 8.05. The van der Waals surface area contributed by atoms with Crippen molar-refractivity contribution in [2.24, 2.45) is 0 Å². The normalized spacial score (nSPS) is 15.2. The Kier molecular flexibility index (Phi) is 5.07. The van der Waals surface area contributed by atoms with Crippen LogP contribution in [0.15, 0.2) is 18.2 Å². The van der Waals surface area contributed by atoms with Gasteiger partial charge in [0.05, 0.1) is 17.9 Å². The lowest BCUT2D eigenvalue weighted by molar-refractivity contribution is 0.0828. The zero-order valence-electron chi connectivity index (χ0n) is 12.9. The van der Waals surface area contributed by atoms with E-state index in [1.807, 2.05) is 6.07 Å². The molecule has 5 nitrogen and oxygen atoms in total. The molecular formula is C16H25N3O2. The van der Waals surface area contributed by atoms with Crippen LogP contribution in [0.1, 0.15) is 36.0 Å². The van der Waals surface area contributed by atoms with Crippen LogP contribution in [0.25, 0.3) is 0 Å². The zero-order valence-corrected chi connectivity index (χ0v) is 12.9. The number of carbonyl (C=O) groups excluding carboxylic acids is 1. The average Bonchev–Trinajstić information content (AvgIpc) is 2.97. The number of carbonyl (C=O) groups is 1. The van der Waals surface area contributed by atoms with Crippen LogP contribution in [-0.4, -0.2) is 49.2 Å². The summed E-state index contributed by atoms with van der Waals surface area (Å²) >= 11 is 0. The molecule has 1 saturated carbocycles. The molecule has 1 fully saturated rings. The number of aliphatic hydroxyl groups excluding tert-OH is 1. The maximum atomic E-state index is 12.4. The van der Waals surface area contributed by atoms with Gasteiger partial charge in [-0.2, -0.15) is 0 Å². The van der Waals surface area contributed by atoms with Crippen LogP contribution in [0, 0.1) is 0 Å². The zero-order chi connectivity index (χ0) is 15.4. The van der Waals surface area contributed by atoms with Gasteiger partial charge in [0.15, 0.2) is 0 Å². The predicted octanol–water partition coefficient (Wildman–Crippen LogP) is 1.71. The number of nitrogens with two attached hydrogens (primary N) is 1. The summed E-state index contributed by atoms with van der Waals surface area (Å²) in [6, 6.07) is 5.77. The molecule has 0 atom stereocenters. The lowest BCUT2D eigenvalue weighted by Gasteiger charge is -2.32. The second-order valence-electron chi connectivity index (χ2n) is 5.83. The van der Waals surface area contributed by atoms with E-state index >= 15 is 0 Å². The Bertz CT molecular complexity index is 496. The summed E-state index contributed by atoms with van der Waals surface area (Å²) in [7, 11) is 3.49. The maximum Gasteiger partial charge on any atom is 0.255 e. The van der Waals surface area contributed by atoms with Crippen LogP contribution in [-0.2, 0) is 0 Å². The maximum absolute atomic E-state index is 12.4. The molecule has 5 heteroatoms. The second-order valence-corrected chi connectivity index (χ2v) is 5.83. The summed E-state index contributed by atoms with van der Waals surface area (Å²) in [4.78, 5) is 16.1. The number of benzene rings is 1. The molecule has 0 aliphatic heterocycles. The monoisotopic (exact) mass is 291 g/mol. The van der Waals surface area contributed by atoms with Gasteiger partial charge in [0.1, 0.15) is 0 Å². The van der Waals surface area contributed by atoms with Gasteiger partial charge >= 0.3 is 0 Å².